The van der Waals surface area contributed by atoms with Gasteiger partial charge in [-0.2, -0.15) is 0 Å². The van der Waals surface area contributed by atoms with E-state index in [2.05, 4.69) is 33.6 Å². The molecule has 0 bridgehead atoms. The Morgan fingerprint density at radius 1 is 1.50 bits per heavy atom. The number of hydrogen-bond donors (Lipinski definition) is 0. The lowest BCUT2D eigenvalue weighted by Gasteiger charge is -2.19. The van der Waals surface area contributed by atoms with Crippen molar-refractivity contribution in [1.82, 2.24) is 4.90 Å². The third-order valence-corrected chi connectivity index (χ3v) is 1.46. The average molecular weight is 113 g/mol. The molecule has 0 saturated heterocycles. The van der Waals surface area contributed by atoms with E-state index in [9.17, 15) is 0 Å². The molecule has 0 spiro atoms. The Bertz CT molecular complexity index is 54.5. The van der Waals surface area contributed by atoms with Crippen LogP contribution in [0.2, 0.25) is 6.32 Å². The fraction of sp³-hybridized carbons (Fsp3) is 1.00. The van der Waals surface area contributed by atoms with Crippen LogP contribution in [-0.2, 0) is 0 Å². The molecule has 0 aliphatic carbocycles. The molecule has 0 aliphatic heterocycles. The van der Waals surface area contributed by atoms with Crippen LogP contribution < -0.4 is 0 Å². The topological polar surface area (TPSA) is 3.24 Å². The molecule has 48 valence electrons. The van der Waals surface area contributed by atoms with E-state index in [-0.39, 0.29) is 0 Å². The minimum atomic E-state index is 0.704. The fourth-order valence-corrected chi connectivity index (χ4v) is 0.611. The van der Waals surface area contributed by atoms with Gasteiger partial charge in [-0.3, -0.25) is 0 Å². The Morgan fingerprint density at radius 2 is 2.00 bits per heavy atom. The Kier molecular flexibility index (Phi) is 3.97. The van der Waals surface area contributed by atoms with Gasteiger partial charge < -0.3 is 4.90 Å². The van der Waals surface area contributed by atoms with Gasteiger partial charge in [-0.25, -0.2) is 0 Å². The smallest absolute Gasteiger partial charge is 0.103 e. The predicted molar refractivity (Wildman–Crippen MR) is 41.1 cm³/mol. The highest BCUT2D eigenvalue weighted by molar-refractivity contribution is 6.08. The Hall–Kier alpha value is 0.0249. The van der Waals surface area contributed by atoms with Crippen LogP contribution in [0.15, 0.2) is 0 Å². The molecule has 1 nitrogen and oxygen atoms in total. The van der Waals surface area contributed by atoms with Gasteiger partial charge in [0.2, 0.25) is 0 Å². The zero-order valence-corrected chi connectivity index (χ0v) is 6.44. The van der Waals surface area contributed by atoms with Crippen molar-refractivity contribution in [3.05, 3.63) is 0 Å². The molecule has 0 rings (SSSR count). The van der Waals surface area contributed by atoms with Gasteiger partial charge in [0, 0.05) is 6.04 Å². The first-order valence-electron chi connectivity index (χ1n) is 3.38. The molecule has 0 N–H and O–H groups in total. The first kappa shape index (κ1) is 8.02. The Balaban J connectivity index is 3.17. The summed E-state index contributed by atoms with van der Waals surface area (Å²) >= 11 is 0. The summed E-state index contributed by atoms with van der Waals surface area (Å²) in [7, 11) is 4.37. The zero-order chi connectivity index (χ0) is 6.57. The van der Waals surface area contributed by atoms with Crippen molar-refractivity contribution in [3.63, 3.8) is 0 Å². The summed E-state index contributed by atoms with van der Waals surface area (Å²) in [4.78, 5) is 2.35. The van der Waals surface area contributed by atoms with E-state index in [4.69, 9.17) is 0 Å². The molecule has 0 unspecified atom stereocenters. The minimum Gasteiger partial charge on any atom is -0.305 e. The second kappa shape index (κ2) is 3.96. The van der Waals surface area contributed by atoms with E-state index in [0.717, 1.165) is 0 Å². The van der Waals surface area contributed by atoms with Gasteiger partial charge in [0.1, 0.15) is 7.85 Å². The maximum Gasteiger partial charge on any atom is 0.103 e. The van der Waals surface area contributed by atoms with Crippen molar-refractivity contribution in [2.75, 3.05) is 13.6 Å². The zero-order valence-electron chi connectivity index (χ0n) is 6.44. The van der Waals surface area contributed by atoms with E-state index in [1.807, 2.05) is 0 Å². The van der Waals surface area contributed by atoms with E-state index in [1.54, 1.807) is 0 Å². The summed E-state index contributed by atoms with van der Waals surface area (Å²) in [5.41, 5.74) is 0. The molecule has 0 radical (unpaired) electrons. The van der Waals surface area contributed by atoms with Gasteiger partial charge in [0.05, 0.1) is 0 Å². The molecule has 8 heavy (non-hydrogen) atoms. The summed E-state index contributed by atoms with van der Waals surface area (Å²) in [5.74, 6) is 0. The lowest BCUT2D eigenvalue weighted by Crippen LogP contribution is -2.26. The molecule has 2 heteroatoms. The molecule has 0 amide bonds. The van der Waals surface area contributed by atoms with Crippen molar-refractivity contribution >= 4 is 7.85 Å². The van der Waals surface area contributed by atoms with Gasteiger partial charge in [0.15, 0.2) is 0 Å². The van der Waals surface area contributed by atoms with Crippen LogP contribution in [0.3, 0.4) is 0 Å². The molecule has 0 fully saturated rings. The quantitative estimate of drug-likeness (QED) is 0.478. The normalized spacial score (nSPS) is 11.1. The molecule has 0 heterocycles. The van der Waals surface area contributed by atoms with Crippen LogP contribution in [0.4, 0.5) is 0 Å². The SMILES string of the molecule is BCCN(C)C(C)C. The fourth-order valence-electron chi connectivity index (χ4n) is 0.611. The van der Waals surface area contributed by atoms with Crippen molar-refractivity contribution in [2.24, 2.45) is 0 Å². The molecule has 0 saturated carbocycles. The summed E-state index contributed by atoms with van der Waals surface area (Å²) in [6.07, 6.45) is 1.26. The first-order valence-corrected chi connectivity index (χ1v) is 3.38. The van der Waals surface area contributed by atoms with E-state index >= 15 is 0 Å². The molecule has 0 aromatic heterocycles. The Morgan fingerprint density at radius 3 is 2.12 bits per heavy atom. The van der Waals surface area contributed by atoms with Crippen LogP contribution >= 0.6 is 0 Å². The van der Waals surface area contributed by atoms with Gasteiger partial charge in [0.25, 0.3) is 0 Å². The first-order chi connectivity index (χ1) is 3.68. The van der Waals surface area contributed by atoms with Crippen molar-refractivity contribution in [1.29, 1.82) is 0 Å². The number of nitrogens with zero attached hydrogens (tertiary/aromatic N) is 1. The molecule has 0 aromatic carbocycles. The maximum atomic E-state index is 2.35. The number of hydrogen-bond acceptors (Lipinski definition) is 1. The van der Waals surface area contributed by atoms with Gasteiger partial charge in [-0.15, -0.1) is 0 Å². The van der Waals surface area contributed by atoms with Gasteiger partial charge in [-0.1, -0.05) is 6.32 Å². The second-order valence-corrected chi connectivity index (χ2v) is 2.57. The van der Waals surface area contributed by atoms with E-state index in [1.165, 1.54) is 12.9 Å². The standard InChI is InChI=1S/C6H16BN/c1-6(2)8(3)5-4-7/h6H,4-5,7H2,1-3H3. The lowest BCUT2D eigenvalue weighted by atomic mass is 10.1. The molecule has 0 atom stereocenters. The van der Waals surface area contributed by atoms with E-state index < -0.39 is 0 Å². The summed E-state index contributed by atoms with van der Waals surface area (Å²) in [6, 6.07) is 0.704. The third-order valence-electron chi connectivity index (χ3n) is 1.46. The van der Waals surface area contributed by atoms with E-state index in [0.29, 0.717) is 6.04 Å². The second-order valence-electron chi connectivity index (χ2n) is 2.57. The van der Waals surface area contributed by atoms with Crippen molar-refractivity contribution in [3.8, 4) is 0 Å². The molecular weight excluding hydrogens is 96.9 g/mol. The highest BCUT2D eigenvalue weighted by Crippen LogP contribution is 1.92. The van der Waals surface area contributed by atoms with Crippen LogP contribution in [0.5, 0.6) is 0 Å². The average Bonchev–Trinajstić information content (AvgIpc) is 1.67. The van der Waals surface area contributed by atoms with Crippen molar-refractivity contribution < 1.29 is 0 Å². The van der Waals surface area contributed by atoms with Crippen molar-refractivity contribution in [2.45, 2.75) is 26.2 Å². The summed E-state index contributed by atoms with van der Waals surface area (Å²) < 4.78 is 0. The lowest BCUT2D eigenvalue weighted by molar-refractivity contribution is 0.289. The highest BCUT2D eigenvalue weighted by Gasteiger charge is 1.98. The third kappa shape index (κ3) is 3.08. The Labute approximate surface area is 53.5 Å². The van der Waals surface area contributed by atoms with Gasteiger partial charge in [-0.05, 0) is 27.4 Å². The van der Waals surface area contributed by atoms with Crippen LogP contribution in [-0.4, -0.2) is 32.4 Å². The highest BCUT2D eigenvalue weighted by atomic mass is 15.1. The predicted octanol–water partition coefficient (Wildman–Crippen LogP) is 0.378. The largest absolute Gasteiger partial charge is 0.305 e. The van der Waals surface area contributed by atoms with Crippen LogP contribution in [0, 0.1) is 0 Å². The monoisotopic (exact) mass is 113 g/mol. The van der Waals surface area contributed by atoms with Crippen LogP contribution in [0.25, 0.3) is 0 Å². The van der Waals surface area contributed by atoms with Gasteiger partial charge >= 0.3 is 0 Å². The number of rotatable bonds is 3. The summed E-state index contributed by atoms with van der Waals surface area (Å²) in [6.45, 7) is 5.66. The maximum absolute atomic E-state index is 2.35. The minimum absolute atomic E-state index is 0.704. The molecule has 0 aliphatic rings. The van der Waals surface area contributed by atoms with Crippen LogP contribution in [0.1, 0.15) is 13.8 Å². The summed E-state index contributed by atoms with van der Waals surface area (Å²) in [5, 5.41) is 0. The molecular formula is C6H16BN. The molecule has 0 aromatic rings.